The summed E-state index contributed by atoms with van der Waals surface area (Å²) in [5.41, 5.74) is 3.96. The molecule has 1 fully saturated rings. The molecule has 1 aliphatic heterocycles. The highest BCUT2D eigenvalue weighted by Gasteiger charge is 2.21. The van der Waals surface area contributed by atoms with E-state index in [0.29, 0.717) is 0 Å². The average Bonchev–Trinajstić information content (AvgIpc) is 2.49. The molecule has 1 N–H and O–H groups in total. The fourth-order valence-corrected chi connectivity index (χ4v) is 3.31. The fraction of sp³-hybridized carbons (Fsp3) is 0.333. The topological polar surface area (TPSA) is 7.68 Å². The van der Waals surface area contributed by atoms with E-state index in [1.165, 1.54) is 29.9 Å². The molecule has 21 heavy (non-hydrogen) atoms. The van der Waals surface area contributed by atoms with Crippen molar-refractivity contribution >= 4 is 17.3 Å². The number of para-hydroxylation sites is 1. The minimum Gasteiger partial charge on any atom is -0.359 e. The van der Waals surface area contributed by atoms with Crippen molar-refractivity contribution in [2.75, 3.05) is 31.1 Å². The van der Waals surface area contributed by atoms with Crippen LogP contribution in [0.1, 0.15) is 11.1 Å². The van der Waals surface area contributed by atoms with Gasteiger partial charge in [-0.15, -0.1) is 0 Å². The molecule has 0 unspecified atom stereocenters. The van der Waals surface area contributed by atoms with Gasteiger partial charge in [0.2, 0.25) is 0 Å². The highest BCUT2D eigenvalue weighted by molar-refractivity contribution is 6.33. The second-order valence-corrected chi connectivity index (χ2v) is 6.26. The van der Waals surface area contributed by atoms with E-state index in [9.17, 15) is 0 Å². The number of quaternary nitrogens is 1. The van der Waals surface area contributed by atoms with Crippen molar-refractivity contribution in [3.63, 3.8) is 0 Å². The molecule has 2 nitrogen and oxygen atoms in total. The Morgan fingerprint density at radius 3 is 2.52 bits per heavy atom. The van der Waals surface area contributed by atoms with Crippen molar-refractivity contribution < 1.29 is 4.90 Å². The van der Waals surface area contributed by atoms with Crippen molar-refractivity contribution in [3.8, 4) is 0 Å². The number of nitrogens with one attached hydrogen (secondary N) is 1. The maximum absolute atomic E-state index is 6.29. The second kappa shape index (κ2) is 6.50. The number of benzene rings is 2. The molecule has 0 aromatic heterocycles. The van der Waals surface area contributed by atoms with Gasteiger partial charge in [-0.1, -0.05) is 53.6 Å². The molecule has 0 aliphatic carbocycles. The lowest BCUT2D eigenvalue weighted by Crippen LogP contribution is -3.13. The van der Waals surface area contributed by atoms with E-state index in [4.69, 9.17) is 11.6 Å². The van der Waals surface area contributed by atoms with Crippen LogP contribution in [-0.2, 0) is 6.54 Å². The van der Waals surface area contributed by atoms with Crippen LogP contribution in [0.15, 0.2) is 48.5 Å². The molecule has 0 saturated carbocycles. The van der Waals surface area contributed by atoms with Crippen LogP contribution in [0.4, 0.5) is 5.69 Å². The van der Waals surface area contributed by atoms with Gasteiger partial charge in [-0.05, 0) is 19.1 Å². The van der Waals surface area contributed by atoms with E-state index in [1.54, 1.807) is 4.90 Å². The first-order valence-electron chi connectivity index (χ1n) is 7.61. The van der Waals surface area contributed by atoms with E-state index < -0.39 is 0 Å². The molecule has 0 bridgehead atoms. The van der Waals surface area contributed by atoms with Gasteiger partial charge in [0.1, 0.15) is 6.54 Å². The first-order valence-corrected chi connectivity index (χ1v) is 7.99. The van der Waals surface area contributed by atoms with E-state index in [2.05, 4.69) is 48.2 Å². The van der Waals surface area contributed by atoms with Gasteiger partial charge in [0.15, 0.2) is 0 Å². The highest BCUT2D eigenvalue weighted by Crippen LogP contribution is 2.24. The van der Waals surface area contributed by atoms with Crippen LogP contribution in [0, 0.1) is 6.92 Å². The molecule has 1 aliphatic rings. The van der Waals surface area contributed by atoms with Crippen LogP contribution in [0.5, 0.6) is 0 Å². The van der Waals surface area contributed by atoms with Gasteiger partial charge in [-0.25, -0.2) is 0 Å². The monoisotopic (exact) mass is 301 g/mol. The highest BCUT2D eigenvalue weighted by atomic mass is 35.5. The number of anilines is 1. The van der Waals surface area contributed by atoms with Crippen LogP contribution in [0.2, 0.25) is 5.02 Å². The van der Waals surface area contributed by atoms with Gasteiger partial charge in [0.25, 0.3) is 0 Å². The predicted octanol–water partition coefficient (Wildman–Crippen LogP) is 2.55. The first kappa shape index (κ1) is 14.4. The summed E-state index contributed by atoms with van der Waals surface area (Å²) in [7, 11) is 0. The van der Waals surface area contributed by atoms with Gasteiger partial charge < -0.3 is 9.80 Å². The number of halogens is 1. The maximum atomic E-state index is 6.29. The number of hydrogen-bond donors (Lipinski definition) is 1. The van der Waals surface area contributed by atoms with Gasteiger partial charge in [0, 0.05) is 5.56 Å². The summed E-state index contributed by atoms with van der Waals surface area (Å²) in [5.74, 6) is 0. The van der Waals surface area contributed by atoms with Gasteiger partial charge >= 0.3 is 0 Å². The quantitative estimate of drug-likeness (QED) is 0.915. The average molecular weight is 302 g/mol. The maximum Gasteiger partial charge on any atom is 0.103 e. The van der Waals surface area contributed by atoms with Gasteiger partial charge in [-0.3, -0.25) is 0 Å². The predicted molar refractivity (Wildman–Crippen MR) is 89.2 cm³/mol. The Kier molecular flexibility index (Phi) is 4.47. The summed E-state index contributed by atoms with van der Waals surface area (Å²) in [6, 6.07) is 17.0. The van der Waals surface area contributed by atoms with Gasteiger partial charge in [0.05, 0.1) is 36.9 Å². The van der Waals surface area contributed by atoms with Crippen LogP contribution in [0.3, 0.4) is 0 Å². The molecule has 0 atom stereocenters. The summed E-state index contributed by atoms with van der Waals surface area (Å²) in [6.45, 7) is 7.76. The largest absolute Gasteiger partial charge is 0.359 e. The van der Waals surface area contributed by atoms with E-state index in [0.717, 1.165) is 24.7 Å². The number of piperazine rings is 1. The summed E-state index contributed by atoms with van der Waals surface area (Å²) >= 11 is 6.29. The lowest BCUT2D eigenvalue weighted by Gasteiger charge is -2.34. The smallest absolute Gasteiger partial charge is 0.103 e. The van der Waals surface area contributed by atoms with Crippen LogP contribution >= 0.6 is 11.6 Å². The Morgan fingerprint density at radius 1 is 1.05 bits per heavy atom. The Bertz CT molecular complexity index is 604. The lowest BCUT2D eigenvalue weighted by molar-refractivity contribution is -0.914. The molecular weight excluding hydrogens is 280 g/mol. The molecule has 0 spiro atoms. The Balaban J connectivity index is 1.59. The normalized spacial score (nSPS) is 16.2. The van der Waals surface area contributed by atoms with Crippen LogP contribution in [-0.4, -0.2) is 26.2 Å². The molecule has 0 amide bonds. The molecule has 3 heteroatoms. The van der Waals surface area contributed by atoms with E-state index in [-0.39, 0.29) is 0 Å². The first-order chi connectivity index (χ1) is 10.2. The number of hydrogen-bond acceptors (Lipinski definition) is 1. The Morgan fingerprint density at radius 2 is 1.81 bits per heavy atom. The zero-order valence-corrected chi connectivity index (χ0v) is 13.2. The van der Waals surface area contributed by atoms with Crippen molar-refractivity contribution in [1.29, 1.82) is 0 Å². The molecule has 2 aromatic carbocycles. The molecule has 0 radical (unpaired) electrons. The zero-order valence-electron chi connectivity index (χ0n) is 12.5. The number of aryl methyl sites for hydroxylation is 1. The molecule has 110 valence electrons. The fourth-order valence-electron chi connectivity index (χ4n) is 3.06. The second-order valence-electron chi connectivity index (χ2n) is 5.85. The minimum atomic E-state index is 0.861. The SMILES string of the molecule is Cc1cccc(C[NH+]2CCN(c3ccccc3Cl)CC2)c1. The summed E-state index contributed by atoms with van der Waals surface area (Å²) in [4.78, 5) is 4.06. The molecule has 2 aromatic rings. The van der Waals surface area contributed by atoms with Crippen molar-refractivity contribution in [2.45, 2.75) is 13.5 Å². The van der Waals surface area contributed by atoms with Crippen LogP contribution < -0.4 is 9.80 Å². The lowest BCUT2D eigenvalue weighted by atomic mass is 10.1. The van der Waals surface area contributed by atoms with Crippen molar-refractivity contribution in [3.05, 3.63) is 64.7 Å². The third-order valence-corrected chi connectivity index (χ3v) is 4.52. The molecule has 1 heterocycles. The van der Waals surface area contributed by atoms with Crippen molar-refractivity contribution in [1.82, 2.24) is 0 Å². The van der Waals surface area contributed by atoms with E-state index >= 15 is 0 Å². The van der Waals surface area contributed by atoms with E-state index in [1.807, 2.05) is 12.1 Å². The Labute approximate surface area is 131 Å². The summed E-state index contributed by atoms with van der Waals surface area (Å²) < 4.78 is 0. The zero-order chi connectivity index (χ0) is 14.7. The van der Waals surface area contributed by atoms with Gasteiger partial charge in [-0.2, -0.15) is 0 Å². The number of rotatable bonds is 3. The third-order valence-electron chi connectivity index (χ3n) is 4.20. The molecular formula is C18H22ClN2+. The third kappa shape index (κ3) is 3.58. The van der Waals surface area contributed by atoms with Crippen LogP contribution in [0.25, 0.3) is 0 Å². The minimum absolute atomic E-state index is 0.861. The summed E-state index contributed by atoms with van der Waals surface area (Å²) in [6.07, 6.45) is 0. The standard InChI is InChI=1S/C18H21ClN2/c1-15-5-4-6-16(13-15)14-20-9-11-21(12-10-20)18-8-3-2-7-17(18)19/h2-8,13H,9-12,14H2,1H3/p+1. The number of nitrogens with zero attached hydrogens (tertiary/aromatic N) is 1. The molecule has 1 saturated heterocycles. The van der Waals surface area contributed by atoms with Crippen molar-refractivity contribution in [2.24, 2.45) is 0 Å². The molecule has 3 rings (SSSR count). The Hall–Kier alpha value is -1.51. The summed E-state index contributed by atoms with van der Waals surface area (Å²) in [5, 5.41) is 0.861.